The van der Waals surface area contributed by atoms with Crippen LogP contribution in [-0.2, 0) is 4.79 Å². The van der Waals surface area contributed by atoms with Crippen molar-refractivity contribution in [1.82, 2.24) is 5.32 Å². The molecule has 0 aliphatic carbocycles. The van der Waals surface area contributed by atoms with Crippen molar-refractivity contribution >= 4 is 35.0 Å². The molecule has 0 unspecified atom stereocenters. The number of anilines is 1. The number of halogens is 1. The van der Waals surface area contributed by atoms with E-state index in [0.29, 0.717) is 10.5 Å². The van der Waals surface area contributed by atoms with E-state index in [9.17, 15) is 24.1 Å². The minimum Gasteiger partial charge on any atom is -0.353 e. The van der Waals surface area contributed by atoms with Gasteiger partial charge in [0.05, 0.1) is 16.2 Å². The molecule has 0 aliphatic rings. The van der Waals surface area contributed by atoms with Crippen LogP contribution in [0.5, 0.6) is 0 Å². The lowest BCUT2D eigenvalue weighted by Gasteiger charge is -2.11. The van der Waals surface area contributed by atoms with Gasteiger partial charge in [0.1, 0.15) is 0 Å². The predicted octanol–water partition coefficient (Wildman–Crippen LogP) is 3.60. The minimum absolute atomic E-state index is 0.0194. The molecule has 2 N–H and O–H groups in total. The number of nitro benzene ring substituents is 1. The number of thioether (sulfide) groups is 1. The SMILES string of the molecule is CC(C)NC(=O)CSc1ccccc1C(=O)Nc1ccc(F)c([N+](=O)[O-])c1. The highest BCUT2D eigenvalue weighted by Gasteiger charge is 2.17. The van der Waals surface area contributed by atoms with E-state index in [4.69, 9.17) is 0 Å². The summed E-state index contributed by atoms with van der Waals surface area (Å²) < 4.78 is 13.4. The van der Waals surface area contributed by atoms with E-state index in [1.54, 1.807) is 24.3 Å². The summed E-state index contributed by atoms with van der Waals surface area (Å²) in [6, 6.07) is 9.83. The lowest BCUT2D eigenvalue weighted by molar-refractivity contribution is -0.387. The standard InChI is InChI=1S/C18H18FN3O4S/c1-11(2)20-17(23)10-27-16-6-4-3-5-13(16)18(24)21-12-7-8-14(19)15(9-12)22(25)26/h3-9,11H,10H2,1-2H3,(H,20,23)(H,21,24). The second kappa shape index (κ2) is 9.13. The second-order valence-electron chi connectivity index (χ2n) is 5.88. The number of nitrogens with zero attached hydrogens (tertiary/aromatic N) is 1. The van der Waals surface area contributed by atoms with E-state index in [1.165, 1.54) is 17.8 Å². The Kier molecular flexibility index (Phi) is 6.89. The number of rotatable bonds is 7. The van der Waals surface area contributed by atoms with Gasteiger partial charge < -0.3 is 10.6 Å². The quantitative estimate of drug-likeness (QED) is 0.427. The Morgan fingerprint density at radius 3 is 2.59 bits per heavy atom. The molecule has 2 amide bonds. The van der Waals surface area contributed by atoms with Crippen LogP contribution >= 0.6 is 11.8 Å². The van der Waals surface area contributed by atoms with Crippen molar-refractivity contribution in [3.63, 3.8) is 0 Å². The maximum atomic E-state index is 13.4. The summed E-state index contributed by atoms with van der Waals surface area (Å²) in [6.07, 6.45) is 0. The first-order valence-electron chi connectivity index (χ1n) is 8.04. The highest BCUT2D eigenvalue weighted by atomic mass is 32.2. The van der Waals surface area contributed by atoms with Crippen LogP contribution in [0.15, 0.2) is 47.4 Å². The molecule has 0 radical (unpaired) electrons. The van der Waals surface area contributed by atoms with Crippen LogP contribution in [0.4, 0.5) is 15.8 Å². The zero-order valence-electron chi connectivity index (χ0n) is 14.7. The summed E-state index contributed by atoms with van der Waals surface area (Å²) in [7, 11) is 0. The average Bonchev–Trinajstić information content (AvgIpc) is 2.61. The average molecular weight is 391 g/mol. The van der Waals surface area contributed by atoms with Crippen molar-refractivity contribution in [1.29, 1.82) is 0 Å². The van der Waals surface area contributed by atoms with Gasteiger partial charge >= 0.3 is 5.69 Å². The van der Waals surface area contributed by atoms with E-state index in [1.807, 2.05) is 13.8 Å². The number of amides is 2. The third-order valence-corrected chi connectivity index (χ3v) is 4.41. The number of benzene rings is 2. The Bertz CT molecular complexity index is 873. The van der Waals surface area contributed by atoms with Crippen LogP contribution in [0.1, 0.15) is 24.2 Å². The molecule has 9 heteroatoms. The van der Waals surface area contributed by atoms with Crippen molar-refractivity contribution in [2.24, 2.45) is 0 Å². The topological polar surface area (TPSA) is 101 Å². The van der Waals surface area contributed by atoms with Gasteiger partial charge in [-0.15, -0.1) is 11.8 Å². The number of hydrogen-bond donors (Lipinski definition) is 2. The van der Waals surface area contributed by atoms with Gasteiger partial charge in [0.2, 0.25) is 11.7 Å². The first-order valence-corrected chi connectivity index (χ1v) is 9.03. The largest absolute Gasteiger partial charge is 0.353 e. The predicted molar refractivity (Wildman–Crippen MR) is 101 cm³/mol. The zero-order chi connectivity index (χ0) is 20.0. The molecule has 0 aromatic heterocycles. The van der Waals surface area contributed by atoms with Crippen molar-refractivity contribution in [3.8, 4) is 0 Å². The van der Waals surface area contributed by atoms with Gasteiger partial charge in [-0.3, -0.25) is 19.7 Å². The van der Waals surface area contributed by atoms with Crippen LogP contribution < -0.4 is 10.6 Å². The zero-order valence-corrected chi connectivity index (χ0v) is 15.5. The molecular weight excluding hydrogens is 373 g/mol. The van der Waals surface area contributed by atoms with Crippen LogP contribution in [0.25, 0.3) is 0 Å². The molecule has 0 fully saturated rings. The fourth-order valence-corrected chi connectivity index (χ4v) is 3.08. The van der Waals surface area contributed by atoms with Gasteiger partial charge in [-0.1, -0.05) is 12.1 Å². The number of carbonyl (C=O) groups excluding carboxylic acids is 2. The Labute approximate surface area is 159 Å². The van der Waals surface area contributed by atoms with Gasteiger partial charge in [-0.25, -0.2) is 0 Å². The van der Waals surface area contributed by atoms with Crippen LogP contribution in [0, 0.1) is 15.9 Å². The van der Waals surface area contributed by atoms with Crippen molar-refractivity contribution < 1.29 is 18.9 Å². The normalized spacial score (nSPS) is 10.5. The third kappa shape index (κ3) is 5.78. The third-order valence-electron chi connectivity index (χ3n) is 3.34. The molecule has 0 aliphatic heterocycles. The first-order chi connectivity index (χ1) is 12.8. The fraction of sp³-hybridized carbons (Fsp3) is 0.222. The molecule has 2 aromatic rings. The van der Waals surface area contributed by atoms with Crippen molar-refractivity contribution in [3.05, 3.63) is 64.0 Å². The number of nitro groups is 1. The lowest BCUT2D eigenvalue weighted by Crippen LogP contribution is -2.31. The maximum absolute atomic E-state index is 13.4. The van der Waals surface area contributed by atoms with Gasteiger partial charge in [0.15, 0.2) is 0 Å². The summed E-state index contributed by atoms with van der Waals surface area (Å²) in [5, 5.41) is 16.1. The molecular formula is C18H18FN3O4S. The second-order valence-corrected chi connectivity index (χ2v) is 6.90. The molecule has 27 heavy (non-hydrogen) atoms. The number of nitrogens with one attached hydrogen (secondary N) is 2. The van der Waals surface area contributed by atoms with E-state index < -0.39 is 22.3 Å². The van der Waals surface area contributed by atoms with Crippen molar-refractivity contribution in [2.45, 2.75) is 24.8 Å². The summed E-state index contributed by atoms with van der Waals surface area (Å²) in [4.78, 5) is 34.9. The van der Waals surface area contributed by atoms with Crippen LogP contribution in [-0.4, -0.2) is 28.5 Å². The van der Waals surface area contributed by atoms with Gasteiger partial charge in [0.25, 0.3) is 5.91 Å². The van der Waals surface area contributed by atoms with E-state index in [0.717, 1.165) is 12.1 Å². The smallest absolute Gasteiger partial charge is 0.306 e. The maximum Gasteiger partial charge on any atom is 0.306 e. The molecule has 0 atom stereocenters. The van der Waals surface area contributed by atoms with Gasteiger partial charge in [0, 0.05) is 22.7 Å². The summed E-state index contributed by atoms with van der Waals surface area (Å²) in [5.74, 6) is -1.50. The molecule has 0 bridgehead atoms. The Morgan fingerprint density at radius 1 is 1.22 bits per heavy atom. The van der Waals surface area contributed by atoms with Crippen LogP contribution in [0.2, 0.25) is 0 Å². The first kappa shape index (κ1) is 20.4. The van der Waals surface area contributed by atoms with Gasteiger partial charge in [-0.2, -0.15) is 4.39 Å². The molecule has 0 heterocycles. The Morgan fingerprint density at radius 2 is 1.93 bits per heavy atom. The Balaban J connectivity index is 2.14. The fourth-order valence-electron chi connectivity index (χ4n) is 2.22. The molecule has 2 aromatic carbocycles. The van der Waals surface area contributed by atoms with Crippen molar-refractivity contribution in [2.75, 3.05) is 11.1 Å². The van der Waals surface area contributed by atoms with E-state index in [-0.39, 0.29) is 23.4 Å². The summed E-state index contributed by atoms with van der Waals surface area (Å²) in [6.45, 7) is 3.71. The highest BCUT2D eigenvalue weighted by Crippen LogP contribution is 2.25. The highest BCUT2D eigenvalue weighted by molar-refractivity contribution is 8.00. The summed E-state index contributed by atoms with van der Waals surface area (Å²) in [5.41, 5.74) is -0.307. The van der Waals surface area contributed by atoms with Gasteiger partial charge in [-0.05, 0) is 38.1 Å². The lowest BCUT2D eigenvalue weighted by atomic mass is 10.2. The molecule has 142 valence electrons. The van der Waals surface area contributed by atoms with E-state index in [2.05, 4.69) is 10.6 Å². The van der Waals surface area contributed by atoms with Crippen LogP contribution in [0.3, 0.4) is 0 Å². The molecule has 2 rings (SSSR count). The molecule has 0 saturated heterocycles. The monoisotopic (exact) mass is 391 g/mol. The minimum atomic E-state index is -0.981. The molecule has 0 saturated carbocycles. The Hall–Kier alpha value is -2.94. The number of carbonyl (C=O) groups is 2. The molecule has 7 nitrogen and oxygen atoms in total. The molecule has 0 spiro atoms. The number of hydrogen-bond acceptors (Lipinski definition) is 5. The summed E-state index contributed by atoms with van der Waals surface area (Å²) >= 11 is 1.21. The van der Waals surface area contributed by atoms with E-state index >= 15 is 0 Å².